The highest BCUT2D eigenvalue weighted by Gasteiger charge is 2.35. The Morgan fingerprint density at radius 3 is 2.43 bits per heavy atom. The van der Waals surface area contributed by atoms with Crippen LogP contribution in [0.4, 0.5) is 0 Å². The second kappa shape index (κ2) is 9.18. The molecule has 2 fully saturated rings. The molecule has 2 aliphatic carbocycles. The van der Waals surface area contributed by atoms with Crippen molar-refractivity contribution in [2.75, 3.05) is 7.05 Å². The number of nitrogens with one attached hydrogen (secondary N) is 1. The molecule has 21 heavy (non-hydrogen) atoms. The largest absolute Gasteiger partial charge is 0.317 e. The van der Waals surface area contributed by atoms with Crippen LogP contribution in [0.2, 0.25) is 0 Å². The molecule has 0 spiro atoms. The first-order valence-corrected chi connectivity index (χ1v) is 9.95. The van der Waals surface area contributed by atoms with Crippen LogP contribution in [0.3, 0.4) is 0 Å². The highest BCUT2D eigenvalue weighted by atomic mass is 14.9. The minimum absolute atomic E-state index is 0.787. The third-order valence-electron chi connectivity index (χ3n) is 6.65. The Hall–Kier alpha value is -0.0400. The third-order valence-corrected chi connectivity index (χ3v) is 6.65. The standard InChI is InChI=1S/C20H39N/c1-4-6-9-16(5-2)14-20(21-3)19-13-12-17-10-7-8-11-18(17)15-19/h16-21H,4-15H2,1-3H3. The Bertz CT molecular complexity index is 275. The van der Waals surface area contributed by atoms with Crippen LogP contribution in [0.1, 0.15) is 90.9 Å². The molecule has 124 valence electrons. The van der Waals surface area contributed by atoms with E-state index in [4.69, 9.17) is 0 Å². The topological polar surface area (TPSA) is 12.0 Å². The maximum atomic E-state index is 3.71. The normalized spacial score (nSPS) is 32.4. The fraction of sp³-hybridized carbons (Fsp3) is 1.00. The molecule has 0 aromatic heterocycles. The first-order valence-electron chi connectivity index (χ1n) is 9.95. The Labute approximate surface area is 133 Å². The van der Waals surface area contributed by atoms with Crippen molar-refractivity contribution in [1.82, 2.24) is 5.32 Å². The van der Waals surface area contributed by atoms with Crippen LogP contribution >= 0.6 is 0 Å². The summed E-state index contributed by atoms with van der Waals surface area (Å²) < 4.78 is 0. The van der Waals surface area contributed by atoms with Crippen LogP contribution in [0.5, 0.6) is 0 Å². The molecule has 0 radical (unpaired) electrons. The second-order valence-electron chi connectivity index (χ2n) is 7.93. The zero-order valence-corrected chi connectivity index (χ0v) is 14.9. The molecule has 2 saturated carbocycles. The van der Waals surface area contributed by atoms with Crippen molar-refractivity contribution in [2.45, 2.75) is 96.9 Å². The predicted molar refractivity (Wildman–Crippen MR) is 93.6 cm³/mol. The molecule has 0 aromatic rings. The highest BCUT2D eigenvalue weighted by Crippen LogP contribution is 2.44. The summed E-state index contributed by atoms with van der Waals surface area (Å²) >= 11 is 0. The van der Waals surface area contributed by atoms with Gasteiger partial charge in [-0.1, -0.05) is 65.2 Å². The van der Waals surface area contributed by atoms with E-state index in [0.717, 1.165) is 29.7 Å². The molecule has 5 atom stereocenters. The monoisotopic (exact) mass is 293 g/mol. The number of hydrogen-bond acceptors (Lipinski definition) is 1. The van der Waals surface area contributed by atoms with E-state index in [1.165, 1.54) is 77.0 Å². The van der Waals surface area contributed by atoms with E-state index in [1.54, 1.807) is 0 Å². The first-order chi connectivity index (χ1) is 10.3. The quantitative estimate of drug-likeness (QED) is 0.597. The average Bonchev–Trinajstić information content (AvgIpc) is 2.55. The fourth-order valence-corrected chi connectivity index (χ4v) is 5.16. The average molecular weight is 294 g/mol. The van der Waals surface area contributed by atoms with Gasteiger partial charge in [0.15, 0.2) is 0 Å². The van der Waals surface area contributed by atoms with E-state index < -0.39 is 0 Å². The van der Waals surface area contributed by atoms with Crippen LogP contribution in [0.25, 0.3) is 0 Å². The van der Waals surface area contributed by atoms with Crippen LogP contribution in [0, 0.1) is 23.7 Å². The second-order valence-corrected chi connectivity index (χ2v) is 7.93. The third kappa shape index (κ3) is 4.98. The first kappa shape index (κ1) is 17.3. The van der Waals surface area contributed by atoms with Gasteiger partial charge in [-0.15, -0.1) is 0 Å². The summed E-state index contributed by atoms with van der Waals surface area (Å²) in [4.78, 5) is 0. The Morgan fingerprint density at radius 2 is 1.76 bits per heavy atom. The maximum absolute atomic E-state index is 3.71. The molecule has 5 unspecified atom stereocenters. The van der Waals surface area contributed by atoms with Crippen LogP contribution in [0.15, 0.2) is 0 Å². The van der Waals surface area contributed by atoms with Gasteiger partial charge < -0.3 is 5.32 Å². The molecule has 0 aromatic carbocycles. The molecule has 2 aliphatic rings. The zero-order chi connectivity index (χ0) is 15.1. The predicted octanol–water partition coefficient (Wildman–Crippen LogP) is 5.79. The zero-order valence-electron chi connectivity index (χ0n) is 14.9. The van der Waals surface area contributed by atoms with Gasteiger partial charge >= 0.3 is 0 Å². The summed E-state index contributed by atoms with van der Waals surface area (Å²) in [5, 5.41) is 3.71. The summed E-state index contributed by atoms with van der Waals surface area (Å²) in [7, 11) is 2.21. The van der Waals surface area contributed by atoms with Gasteiger partial charge in [-0.3, -0.25) is 0 Å². The molecule has 1 nitrogen and oxygen atoms in total. The number of unbranched alkanes of at least 4 members (excludes halogenated alkanes) is 1. The van der Waals surface area contributed by atoms with Gasteiger partial charge in [-0.2, -0.15) is 0 Å². The summed E-state index contributed by atoms with van der Waals surface area (Å²) in [6.07, 6.45) is 17.7. The van der Waals surface area contributed by atoms with Crippen LogP contribution in [-0.4, -0.2) is 13.1 Å². The van der Waals surface area contributed by atoms with Crippen molar-refractivity contribution in [3.63, 3.8) is 0 Å². The molecular weight excluding hydrogens is 254 g/mol. The molecular formula is C20H39N. The van der Waals surface area contributed by atoms with E-state index in [1.807, 2.05) is 0 Å². The minimum Gasteiger partial charge on any atom is -0.317 e. The van der Waals surface area contributed by atoms with Gasteiger partial charge in [-0.25, -0.2) is 0 Å². The number of hydrogen-bond donors (Lipinski definition) is 1. The van der Waals surface area contributed by atoms with Gasteiger partial charge in [-0.05, 0) is 56.4 Å². The number of rotatable bonds is 8. The van der Waals surface area contributed by atoms with Crippen molar-refractivity contribution < 1.29 is 0 Å². The fourth-order valence-electron chi connectivity index (χ4n) is 5.16. The molecule has 0 bridgehead atoms. The summed E-state index contributed by atoms with van der Waals surface area (Å²) in [6.45, 7) is 4.72. The van der Waals surface area contributed by atoms with Gasteiger partial charge in [0.25, 0.3) is 0 Å². The molecule has 0 aliphatic heterocycles. The van der Waals surface area contributed by atoms with Gasteiger partial charge in [0.1, 0.15) is 0 Å². The van der Waals surface area contributed by atoms with Crippen molar-refractivity contribution in [2.24, 2.45) is 23.7 Å². The lowest BCUT2D eigenvalue weighted by Gasteiger charge is -2.42. The van der Waals surface area contributed by atoms with E-state index in [-0.39, 0.29) is 0 Å². The maximum Gasteiger partial charge on any atom is 0.00950 e. The van der Waals surface area contributed by atoms with Crippen molar-refractivity contribution in [3.05, 3.63) is 0 Å². The SMILES string of the molecule is CCCCC(CC)CC(NC)C1CCC2CCCCC2C1. The van der Waals surface area contributed by atoms with E-state index >= 15 is 0 Å². The lowest BCUT2D eigenvalue weighted by molar-refractivity contribution is 0.103. The molecule has 1 N–H and O–H groups in total. The summed E-state index contributed by atoms with van der Waals surface area (Å²) in [6, 6.07) is 0.787. The van der Waals surface area contributed by atoms with Crippen molar-refractivity contribution in [1.29, 1.82) is 0 Å². The van der Waals surface area contributed by atoms with E-state index in [9.17, 15) is 0 Å². The Kier molecular flexibility index (Phi) is 7.57. The number of fused-ring (bicyclic) bond motifs is 1. The summed E-state index contributed by atoms with van der Waals surface area (Å²) in [5.74, 6) is 4.08. The molecule has 0 amide bonds. The van der Waals surface area contributed by atoms with Crippen molar-refractivity contribution in [3.8, 4) is 0 Å². The molecule has 1 heteroatoms. The van der Waals surface area contributed by atoms with E-state index in [0.29, 0.717) is 0 Å². The summed E-state index contributed by atoms with van der Waals surface area (Å²) in [5.41, 5.74) is 0. The van der Waals surface area contributed by atoms with E-state index in [2.05, 4.69) is 26.2 Å². The van der Waals surface area contributed by atoms with Crippen LogP contribution in [-0.2, 0) is 0 Å². The molecule has 2 rings (SSSR count). The van der Waals surface area contributed by atoms with Gasteiger partial charge in [0.05, 0.1) is 0 Å². The molecule has 0 heterocycles. The van der Waals surface area contributed by atoms with Gasteiger partial charge in [0, 0.05) is 6.04 Å². The van der Waals surface area contributed by atoms with Crippen molar-refractivity contribution >= 4 is 0 Å². The lowest BCUT2D eigenvalue weighted by Crippen LogP contribution is -2.40. The van der Waals surface area contributed by atoms with Crippen LogP contribution < -0.4 is 5.32 Å². The lowest BCUT2D eigenvalue weighted by atomic mass is 9.65. The molecule has 0 saturated heterocycles. The van der Waals surface area contributed by atoms with Gasteiger partial charge in [0.2, 0.25) is 0 Å². The minimum atomic E-state index is 0.787. The Morgan fingerprint density at radius 1 is 1.00 bits per heavy atom. The smallest absolute Gasteiger partial charge is 0.00950 e. The highest BCUT2D eigenvalue weighted by molar-refractivity contribution is 4.88. The Balaban J connectivity index is 1.85.